The molecule has 5 heteroatoms. The molecule has 1 amide bonds. The van der Waals surface area contributed by atoms with E-state index < -0.39 is 0 Å². The summed E-state index contributed by atoms with van der Waals surface area (Å²) >= 11 is 7.83. The Kier molecular flexibility index (Phi) is 6.00. The van der Waals surface area contributed by atoms with Gasteiger partial charge in [0.05, 0.1) is 6.04 Å². The average molecular weight is 337 g/mol. The Morgan fingerprint density at radius 1 is 1.36 bits per heavy atom. The number of nitrogens with one attached hydrogen (secondary N) is 1. The van der Waals surface area contributed by atoms with Crippen molar-refractivity contribution in [2.75, 3.05) is 7.05 Å². The van der Waals surface area contributed by atoms with Gasteiger partial charge in [-0.05, 0) is 49.5 Å². The van der Waals surface area contributed by atoms with Gasteiger partial charge in [0.1, 0.15) is 0 Å². The van der Waals surface area contributed by atoms with Crippen LogP contribution >= 0.6 is 22.9 Å². The maximum Gasteiger partial charge on any atom is 0.237 e. The molecule has 2 aromatic rings. The molecule has 0 saturated carbocycles. The number of nitrogens with zero attached hydrogens (tertiary/aromatic N) is 1. The van der Waals surface area contributed by atoms with E-state index >= 15 is 0 Å². The molecule has 0 bridgehead atoms. The molecule has 0 aliphatic rings. The number of aryl methyl sites for hydroxylation is 1. The van der Waals surface area contributed by atoms with Crippen LogP contribution in [0, 0.1) is 6.92 Å². The summed E-state index contributed by atoms with van der Waals surface area (Å²) in [6.45, 7) is 5.26. The number of amides is 1. The number of carbonyl (C=O) groups is 1. The van der Waals surface area contributed by atoms with Crippen LogP contribution in [-0.4, -0.2) is 23.9 Å². The lowest BCUT2D eigenvalue weighted by Crippen LogP contribution is -2.42. The van der Waals surface area contributed by atoms with Crippen molar-refractivity contribution in [3.63, 3.8) is 0 Å². The van der Waals surface area contributed by atoms with Crippen LogP contribution in [-0.2, 0) is 17.9 Å². The number of hydrogen-bond acceptors (Lipinski definition) is 3. The Balaban J connectivity index is 1.89. The van der Waals surface area contributed by atoms with Gasteiger partial charge in [0, 0.05) is 23.0 Å². The lowest BCUT2D eigenvalue weighted by molar-refractivity contribution is -0.125. The van der Waals surface area contributed by atoms with Crippen molar-refractivity contribution in [2.45, 2.75) is 33.0 Å². The quantitative estimate of drug-likeness (QED) is 0.869. The van der Waals surface area contributed by atoms with E-state index in [2.05, 4.69) is 28.6 Å². The van der Waals surface area contributed by atoms with Gasteiger partial charge in [0.2, 0.25) is 5.91 Å². The maximum absolute atomic E-state index is 12.3. The fraction of sp³-hybridized carbons (Fsp3) is 0.353. The first-order valence-electron chi connectivity index (χ1n) is 7.23. The third-order valence-corrected chi connectivity index (χ3v) is 5.19. The average Bonchev–Trinajstić information content (AvgIpc) is 2.90. The fourth-order valence-electron chi connectivity index (χ4n) is 2.10. The second-order valence-electron chi connectivity index (χ2n) is 5.43. The summed E-state index contributed by atoms with van der Waals surface area (Å²) in [5, 5.41) is 5.72. The monoisotopic (exact) mass is 336 g/mol. The van der Waals surface area contributed by atoms with Crippen LogP contribution in [0.15, 0.2) is 35.7 Å². The van der Waals surface area contributed by atoms with Gasteiger partial charge in [0.15, 0.2) is 0 Å². The summed E-state index contributed by atoms with van der Waals surface area (Å²) in [6, 6.07) is 9.47. The summed E-state index contributed by atoms with van der Waals surface area (Å²) in [4.78, 5) is 15.6. The molecule has 1 N–H and O–H groups in total. The molecule has 1 heterocycles. The lowest BCUT2D eigenvalue weighted by atomic mass is 10.2. The third-order valence-electron chi connectivity index (χ3n) is 3.81. The number of likely N-dealkylation sites (N-methyl/N-ethyl adjacent to an activating group) is 1. The molecule has 0 fully saturated rings. The molecular formula is C17H21ClN2OS. The van der Waals surface area contributed by atoms with E-state index in [0.717, 1.165) is 12.1 Å². The number of thiophene rings is 1. The first kappa shape index (κ1) is 17.0. The van der Waals surface area contributed by atoms with E-state index in [0.29, 0.717) is 11.6 Å². The highest BCUT2D eigenvalue weighted by atomic mass is 35.5. The molecule has 2 rings (SSSR count). The lowest BCUT2D eigenvalue weighted by Gasteiger charge is -2.23. The van der Waals surface area contributed by atoms with Crippen LogP contribution in [0.5, 0.6) is 0 Å². The summed E-state index contributed by atoms with van der Waals surface area (Å²) in [6.07, 6.45) is 0. The zero-order valence-corrected chi connectivity index (χ0v) is 14.7. The Labute approximate surface area is 140 Å². The van der Waals surface area contributed by atoms with Crippen molar-refractivity contribution in [1.29, 1.82) is 0 Å². The number of rotatable bonds is 6. The highest BCUT2D eigenvalue weighted by Crippen LogP contribution is 2.18. The Bertz CT molecular complexity index is 641. The molecule has 118 valence electrons. The van der Waals surface area contributed by atoms with Crippen LogP contribution in [0.4, 0.5) is 0 Å². The van der Waals surface area contributed by atoms with E-state index in [9.17, 15) is 4.79 Å². The van der Waals surface area contributed by atoms with E-state index in [1.165, 1.54) is 10.4 Å². The van der Waals surface area contributed by atoms with Crippen molar-refractivity contribution < 1.29 is 4.79 Å². The van der Waals surface area contributed by atoms with Crippen LogP contribution in [0.25, 0.3) is 0 Å². The van der Waals surface area contributed by atoms with Gasteiger partial charge in [0.25, 0.3) is 0 Å². The van der Waals surface area contributed by atoms with E-state index in [4.69, 9.17) is 11.6 Å². The predicted octanol–water partition coefficient (Wildman–Crippen LogP) is 3.85. The van der Waals surface area contributed by atoms with Gasteiger partial charge in [-0.2, -0.15) is 0 Å². The molecule has 0 spiro atoms. The molecule has 22 heavy (non-hydrogen) atoms. The van der Waals surface area contributed by atoms with Gasteiger partial charge in [-0.15, -0.1) is 11.3 Å². The molecule has 1 atom stereocenters. The first-order valence-corrected chi connectivity index (χ1v) is 8.49. The normalized spacial score (nSPS) is 12.4. The molecule has 1 aromatic heterocycles. The van der Waals surface area contributed by atoms with Crippen molar-refractivity contribution >= 4 is 28.8 Å². The van der Waals surface area contributed by atoms with E-state index in [1.54, 1.807) is 11.3 Å². The number of carbonyl (C=O) groups excluding carboxylic acids is 1. The zero-order valence-electron chi connectivity index (χ0n) is 13.1. The number of hydrogen-bond donors (Lipinski definition) is 1. The molecule has 1 aromatic carbocycles. The molecule has 0 saturated heterocycles. The highest BCUT2D eigenvalue weighted by Gasteiger charge is 2.19. The van der Waals surface area contributed by atoms with Gasteiger partial charge < -0.3 is 5.32 Å². The molecule has 0 aliphatic carbocycles. The van der Waals surface area contributed by atoms with Crippen LogP contribution in [0.1, 0.15) is 22.9 Å². The predicted molar refractivity (Wildman–Crippen MR) is 93.3 cm³/mol. The van der Waals surface area contributed by atoms with Crippen LogP contribution < -0.4 is 5.32 Å². The standard InChI is InChI=1S/C17H21ClN2OS/c1-12-8-9-22-16(12)11-20(3)13(2)17(21)19-10-14-6-4-5-7-15(14)18/h4-9,13H,10-11H2,1-3H3,(H,19,21). The highest BCUT2D eigenvalue weighted by molar-refractivity contribution is 7.10. The Hall–Kier alpha value is -1.36. The zero-order chi connectivity index (χ0) is 16.1. The van der Waals surface area contributed by atoms with Gasteiger partial charge in [-0.3, -0.25) is 9.69 Å². The molecule has 0 aliphatic heterocycles. The largest absolute Gasteiger partial charge is 0.351 e. The molecule has 3 nitrogen and oxygen atoms in total. The number of halogens is 1. The van der Waals surface area contributed by atoms with E-state index in [-0.39, 0.29) is 11.9 Å². The third kappa shape index (κ3) is 4.32. The van der Waals surface area contributed by atoms with Crippen molar-refractivity contribution in [3.8, 4) is 0 Å². The van der Waals surface area contributed by atoms with Gasteiger partial charge in [-0.25, -0.2) is 0 Å². The van der Waals surface area contributed by atoms with Crippen LogP contribution in [0.3, 0.4) is 0 Å². The van der Waals surface area contributed by atoms with Gasteiger partial charge >= 0.3 is 0 Å². The Morgan fingerprint density at radius 3 is 2.73 bits per heavy atom. The smallest absolute Gasteiger partial charge is 0.237 e. The minimum Gasteiger partial charge on any atom is -0.351 e. The Morgan fingerprint density at radius 2 is 2.09 bits per heavy atom. The summed E-state index contributed by atoms with van der Waals surface area (Å²) in [5.74, 6) is 0.0108. The molecule has 1 unspecified atom stereocenters. The minimum atomic E-state index is -0.191. The second-order valence-corrected chi connectivity index (χ2v) is 6.83. The SMILES string of the molecule is Cc1ccsc1CN(C)C(C)C(=O)NCc1ccccc1Cl. The van der Waals surface area contributed by atoms with Crippen molar-refractivity contribution in [3.05, 3.63) is 56.7 Å². The van der Waals surface area contributed by atoms with Crippen molar-refractivity contribution in [1.82, 2.24) is 10.2 Å². The summed E-state index contributed by atoms with van der Waals surface area (Å²) < 4.78 is 0. The second kappa shape index (κ2) is 7.77. The van der Waals surface area contributed by atoms with Crippen molar-refractivity contribution in [2.24, 2.45) is 0 Å². The molecular weight excluding hydrogens is 316 g/mol. The minimum absolute atomic E-state index is 0.0108. The summed E-state index contributed by atoms with van der Waals surface area (Å²) in [7, 11) is 1.97. The fourth-order valence-corrected chi connectivity index (χ4v) is 3.27. The van der Waals surface area contributed by atoms with Gasteiger partial charge in [-0.1, -0.05) is 29.8 Å². The maximum atomic E-state index is 12.3. The molecule has 0 radical (unpaired) electrons. The summed E-state index contributed by atoms with van der Waals surface area (Å²) in [5.41, 5.74) is 2.21. The van der Waals surface area contributed by atoms with Crippen LogP contribution in [0.2, 0.25) is 5.02 Å². The van der Waals surface area contributed by atoms with E-state index in [1.807, 2.05) is 38.2 Å². The topological polar surface area (TPSA) is 32.3 Å². The first-order chi connectivity index (χ1) is 10.5. The number of benzene rings is 1.